The molecule has 3 heterocycles. The molecule has 1 N–H and O–H groups in total. The summed E-state index contributed by atoms with van der Waals surface area (Å²) in [6, 6.07) is 0.425. The van der Waals surface area contributed by atoms with Crippen LogP contribution in [0.2, 0.25) is 0 Å². The Bertz CT molecular complexity index is 732. The Hall–Kier alpha value is -2.29. The zero-order chi connectivity index (χ0) is 16.5. The first-order valence-electron chi connectivity index (χ1n) is 8.55. The number of nitrogens with zero attached hydrogens (tertiary/aromatic N) is 7. The van der Waals surface area contributed by atoms with Gasteiger partial charge in [0.25, 0.3) is 0 Å². The fraction of sp³-hybridized carbons (Fsp3) is 0.667. The fourth-order valence-corrected chi connectivity index (χ4v) is 3.05. The zero-order valence-electron chi connectivity index (χ0n) is 13.9. The first-order chi connectivity index (χ1) is 11.7. The number of hydrogen-bond acceptors (Lipinski definition) is 7. The Morgan fingerprint density at radius 2 is 2.04 bits per heavy atom. The number of rotatable bonds is 5. The molecular formula is C15H22N8O. The van der Waals surface area contributed by atoms with E-state index >= 15 is 0 Å². The van der Waals surface area contributed by atoms with Crippen LogP contribution in [-0.4, -0.2) is 74.5 Å². The number of piperazine rings is 1. The van der Waals surface area contributed by atoms with Crippen LogP contribution < -0.4 is 10.2 Å². The maximum absolute atomic E-state index is 11.9. The van der Waals surface area contributed by atoms with Crippen LogP contribution in [0.1, 0.15) is 19.8 Å². The number of aromatic nitrogens is 5. The van der Waals surface area contributed by atoms with Gasteiger partial charge in [-0.2, -0.15) is 0 Å². The van der Waals surface area contributed by atoms with Crippen LogP contribution in [0.5, 0.6) is 0 Å². The van der Waals surface area contributed by atoms with Gasteiger partial charge < -0.3 is 10.2 Å². The SMILES string of the molecule is CCn1nnc2c(N3CCN(CC(=O)NC4CC4)CC3)ncnc21. The van der Waals surface area contributed by atoms with Gasteiger partial charge in [0.05, 0.1) is 6.54 Å². The number of nitrogens with one attached hydrogen (secondary N) is 1. The summed E-state index contributed by atoms with van der Waals surface area (Å²) in [5.74, 6) is 0.975. The minimum Gasteiger partial charge on any atom is -0.352 e. The smallest absolute Gasteiger partial charge is 0.234 e. The van der Waals surface area contributed by atoms with Crippen molar-refractivity contribution in [2.24, 2.45) is 0 Å². The third kappa shape index (κ3) is 3.03. The van der Waals surface area contributed by atoms with Crippen LogP contribution in [0.3, 0.4) is 0 Å². The highest BCUT2D eigenvalue weighted by atomic mass is 16.2. The van der Waals surface area contributed by atoms with E-state index in [2.05, 4.69) is 35.4 Å². The summed E-state index contributed by atoms with van der Waals surface area (Å²) in [7, 11) is 0. The van der Waals surface area contributed by atoms with Gasteiger partial charge in [0, 0.05) is 38.8 Å². The summed E-state index contributed by atoms with van der Waals surface area (Å²) in [6.45, 7) is 6.55. The second-order valence-corrected chi connectivity index (χ2v) is 6.38. The Kier molecular flexibility index (Phi) is 4.01. The molecule has 1 aliphatic heterocycles. The van der Waals surface area contributed by atoms with Gasteiger partial charge in [-0.05, 0) is 19.8 Å². The molecule has 2 aliphatic rings. The maximum atomic E-state index is 11.9. The molecule has 4 rings (SSSR count). The van der Waals surface area contributed by atoms with E-state index in [9.17, 15) is 4.79 Å². The van der Waals surface area contributed by atoms with Crippen LogP contribution in [-0.2, 0) is 11.3 Å². The number of aryl methyl sites for hydroxylation is 1. The molecule has 0 radical (unpaired) electrons. The molecule has 1 saturated carbocycles. The van der Waals surface area contributed by atoms with E-state index in [1.807, 2.05) is 6.92 Å². The molecule has 2 fully saturated rings. The van der Waals surface area contributed by atoms with Gasteiger partial charge >= 0.3 is 0 Å². The summed E-state index contributed by atoms with van der Waals surface area (Å²) in [4.78, 5) is 25.0. The van der Waals surface area contributed by atoms with Crippen molar-refractivity contribution < 1.29 is 4.79 Å². The number of hydrogen-bond donors (Lipinski definition) is 1. The highest BCUT2D eigenvalue weighted by Gasteiger charge is 2.26. The van der Waals surface area contributed by atoms with Crippen molar-refractivity contribution in [3.8, 4) is 0 Å². The number of carbonyl (C=O) groups is 1. The van der Waals surface area contributed by atoms with Gasteiger partial charge in [-0.15, -0.1) is 5.10 Å². The number of anilines is 1. The minimum atomic E-state index is 0.140. The van der Waals surface area contributed by atoms with Crippen molar-refractivity contribution in [1.29, 1.82) is 0 Å². The van der Waals surface area contributed by atoms with Gasteiger partial charge in [-0.25, -0.2) is 14.6 Å². The molecule has 0 unspecified atom stereocenters. The summed E-state index contributed by atoms with van der Waals surface area (Å²) < 4.78 is 1.78. The van der Waals surface area contributed by atoms with Crippen LogP contribution in [0.15, 0.2) is 6.33 Å². The molecular weight excluding hydrogens is 308 g/mol. The third-order valence-corrected chi connectivity index (χ3v) is 4.56. The predicted octanol–water partition coefficient (Wildman–Crippen LogP) is -0.358. The van der Waals surface area contributed by atoms with E-state index in [1.165, 1.54) is 0 Å². The Labute approximate surface area is 140 Å². The molecule has 1 amide bonds. The predicted molar refractivity (Wildman–Crippen MR) is 88.6 cm³/mol. The number of amides is 1. The second kappa shape index (κ2) is 6.31. The molecule has 0 aromatic carbocycles. The van der Waals surface area contributed by atoms with Crippen molar-refractivity contribution in [2.45, 2.75) is 32.4 Å². The van der Waals surface area contributed by atoms with Crippen molar-refractivity contribution in [3.63, 3.8) is 0 Å². The lowest BCUT2D eigenvalue weighted by Gasteiger charge is -2.34. The van der Waals surface area contributed by atoms with Gasteiger partial charge in [0.15, 0.2) is 17.0 Å². The highest BCUT2D eigenvalue weighted by Crippen LogP contribution is 2.22. The second-order valence-electron chi connectivity index (χ2n) is 6.38. The third-order valence-electron chi connectivity index (χ3n) is 4.56. The number of carbonyl (C=O) groups excluding carboxylic acids is 1. The van der Waals surface area contributed by atoms with E-state index < -0.39 is 0 Å². The largest absolute Gasteiger partial charge is 0.352 e. The molecule has 2 aromatic rings. The zero-order valence-corrected chi connectivity index (χ0v) is 13.9. The van der Waals surface area contributed by atoms with Gasteiger partial charge in [0.2, 0.25) is 5.91 Å². The first kappa shape index (κ1) is 15.3. The minimum absolute atomic E-state index is 0.140. The van der Waals surface area contributed by atoms with Crippen LogP contribution >= 0.6 is 0 Å². The van der Waals surface area contributed by atoms with E-state index in [0.29, 0.717) is 12.6 Å². The molecule has 128 valence electrons. The quantitative estimate of drug-likeness (QED) is 0.800. The van der Waals surface area contributed by atoms with Crippen LogP contribution in [0.25, 0.3) is 11.2 Å². The average molecular weight is 330 g/mol. The molecule has 24 heavy (non-hydrogen) atoms. The lowest BCUT2D eigenvalue weighted by molar-refractivity contribution is -0.122. The standard InChI is InChI=1S/C15H22N8O/c1-2-23-15-13(19-20-23)14(16-10-17-15)22-7-5-21(6-8-22)9-12(24)18-11-3-4-11/h10-11H,2-9H2,1H3,(H,18,24). The van der Waals surface area contributed by atoms with Crippen LogP contribution in [0, 0.1) is 0 Å². The Morgan fingerprint density at radius 1 is 1.25 bits per heavy atom. The molecule has 0 spiro atoms. The first-order valence-corrected chi connectivity index (χ1v) is 8.55. The Morgan fingerprint density at radius 3 is 2.75 bits per heavy atom. The van der Waals surface area contributed by atoms with Gasteiger partial charge in [-0.1, -0.05) is 5.21 Å². The topological polar surface area (TPSA) is 92.1 Å². The van der Waals surface area contributed by atoms with Gasteiger partial charge in [-0.3, -0.25) is 9.69 Å². The van der Waals surface area contributed by atoms with E-state index in [0.717, 1.165) is 62.5 Å². The maximum Gasteiger partial charge on any atom is 0.234 e. The summed E-state index contributed by atoms with van der Waals surface area (Å²) in [6.07, 6.45) is 3.83. The molecule has 1 saturated heterocycles. The van der Waals surface area contributed by atoms with Crippen molar-refractivity contribution in [3.05, 3.63) is 6.33 Å². The van der Waals surface area contributed by atoms with Crippen molar-refractivity contribution >= 4 is 22.9 Å². The average Bonchev–Trinajstić information content (AvgIpc) is 3.30. The highest BCUT2D eigenvalue weighted by molar-refractivity contribution is 5.82. The normalized spacial score (nSPS) is 19.0. The van der Waals surface area contributed by atoms with Gasteiger partial charge in [0.1, 0.15) is 6.33 Å². The van der Waals surface area contributed by atoms with Crippen molar-refractivity contribution in [1.82, 2.24) is 35.2 Å². The molecule has 0 bridgehead atoms. The molecule has 9 nitrogen and oxygen atoms in total. The molecule has 1 aliphatic carbocycles. The molecule has 0 atom stereocenters. The lowest BCUT2D eigenvalue weighted by Crippen LogP contribution is -2.50. The number of fused-ring (bicyclic) bond motifs is 1. The van der Waals surface area contributed by atoms with E-state index in [-0.39, 0.29) is 5.91 Å². The summed E-state index contributed by atoms with van der Waals surface area (Å²) >= 11 is 0. The lowest BCUT2D eigenvalue weighted by atomic mass is 10.3. The fourth-order valence-electron chi connectivity index (χ4n) is 3.05. The van der Waals surface area contributed by atoms with Crippen LogP contribution in [0.4, 0.5) is 5.82 Å². The van der Waals surface area contributed by atoms with Crippen molar-refractivity contribution in [2.75, 3.05) is 37.6 Å². The summed E-state index contributed by atoms with van der Waals surface area (Å²) in [5.41, 5.74) is 1.52. The monoisotopic (exact) mass is 330 g/mol. The molecule has 9 heteroatoms. The Balaban J connectivity index is 1.40. The molecule has 2 aromatic heterocycles. The van der Waals surface area contributed by atoms with E-state index in [1.54, 1.807) is 11.0 Å². The summed E-state index contributed by atoms with van der Waals surface area (Å²) in [5, 5.41) is 11.4. The van der Waals surface area contributed by atoms with E-state index in [4.69, 9.17) is 0 Å².